The monoisotopic (exact) mass is 395 g/mol. The summed E-state index contributed by atoms with van der Waals surface area (Å²) in [5.74, 6) is 0.445. The van der Waals surface area contributed by atoms with E-state index in [1.54, 1.807) is 12.1 Å². The fourth-order valence-electron chi connectivity index (χ4n) is 3.16. The summed E-state index contributed by atoms with van der Waals surface area (Å²) in [6.07, 6.45) is -0.544. The van der Waals surface area contributed by atoms with Crippen LogP contribution >= 0.6 is 15.9 Å². The van der Waals surface area contributed by atoms with Crippen molar-refractivity contribution in [2.45, 2.75) is 6.29 Å². The van der Waals surface area contributed by atoms with Gasteiger partial charge < -0.3 is 9.47 Å². The van der Waals surface area contributed by atoms with E-state index in [-0.39, 0.29) is 11.8 Å². The van der Waals surface area contributed by atoms with Crippen molar-refractivity contribution in [2.75, 3.05) is 0 Å². The van der Waals surface area contributed by atoms with Crippen LogP contribution in [-0.4, -0.2) is 11.8 Å². The molecule has 1 N–H and O–H groups in total. The quantitative estimate of drug-likeness (QED) is 0.633. The first-order chi connectivity index (χ1) is 12.1. The number of hydrogen-bond acceptors (Lipinski definition) is 4. The van der Waals surface area contributed by atoms with E-state index >= 15 is 0 Å². The molecule has 122 valence electrons. The van der Waals surface area contributed by atoms with Crippen LogP contribution in [0.3, 0.4) is 0 Å². The van der Waals surface area contributed by atoms with Crippen molar-refractivity contribution >= 4 is 38.5 Å². The SMILES string of the molecule is O=C1NC(=O)c2cc3c4c(ccc3cc21)OC(c1ccc(Br)cc1)O4. The van der Waals surface area contributed by atoms with Gasteiger partial charge in [0.1, 0.15) is 0 Å². The maximum atomic E-state index is 11.9. The molecule has 3 aromatic carbocycles. The van der Waals surface area contributed by atoms with E-state index in [1.165, 1.54) is 0 Å². The number of rotatable bonds is 1. The van der Waals surface area contributed by atoms with Gasteiger partial charge in [0.2, 0.25) is 0 Å². The topological polar surface area (TPSA) is 64.6 Å². The van der Waals surface area contributed by atoms with Crippen LogP contribution in [-0.2, 0) is 0 Å². The minimum Gasteiger partial charge on any atom is -0.447 e. The molecule has 1 atom stereocenters. The lowest BCUT2D eigenvalue weighted by atomic mass is 10.0. The van der Waals surface area contributed by atoms with Crippen molar-refractivity contribution in [1.29, 1.82) is 0 Å². The molecule has 5 rings (SSSR count). The van der Waals surface area contributed by atoms with E-state index in [1.807, 2.05) is 36.4 Å². The van der Waals surface area contributed by atoms with Gasteiger partial charge in [-0.15, -0.1) is 0 Å². The highest BCUT2D eigenvalue weighted by Crippen LogP contribution is 2.46. The van der Waals surface area contributed by atoms with Gasteiger partial charge in [-0.1, -0.05) is 34.1 Å². The molecule has 2 aliphatic rings. The maximum absolute atomic E-state index is 11.9. The van der Waals surface area contributed by atoms with Gasteiger partial charge in [-0.05, 0) is 35.7 Å². The summed E-state index contributed by atoms with van der Waals surface area (Å²) in [5, 5.41) is 3.88. The molecule has 5 nitrogen and oxygen atoms in total. The lowest BCUT2D eigenvalue weighted by molar-refractivity contribution is 0.0494. The van der Waals surface area contributed by atoms with E-state index in [9.17, 15) is 9.59 Å². The number of imide groups is 1. The van der Waals surface area contributed by atoms with Crippen LogP contribution in [0.4, 0.5) is 0 Å². The molecule has 0 aliphatic carbocycles. The van der Waals surface area contributed by atoms with Gasteiger partial charge in [-0.2, -0.15) is 0 Å². The lowest BCUT2D eigenvalue weighted by Crippen LogP contribution is -2.19. The van der Waals surface area contributed by atoms with Gasteiger partial charge in [0.25, 0.3) is 18.1 Å². The Labute approximate surface area is 150 Å². The second kappa shape index (κ2) is 5.07. The number of carbonyl (C=O) groups excluding carboxylic acids is 2. The Morgan fingerprint density at radius 3 is 2.36 bits per heavy atom. The molecule has 2 heterocycles. The zero-order valence-electron chi connectivity index (χ0n) is 12.7. The van der Waals surface area contributed by atoms with Crippen LogP contribution in [0, 0.1) is 0 Å². The molecule has 25 heavy (non-hydrogen) atoms. The Hall–Kier alpha value is -2.86. The standard InChI is InChI=1S/C19H10BrNO4/c20-11-4-1-9(2-5-11)19-24-15-6-3-10-7-13-14(18(23)21-17(13)22)8-12(10)16(15)25-19/h1-8,19H,(H,21,22,23). The van der Waals surface area contributed by atoms with Crippen LogP contribution in [0.2, 0.25) is 0 Å². The summed E-state index contributed by atoms with van der Waals surface area (Å²) in [4.78, 5) is 23.8. The molecule has 6 heteroatoms. The van der Waals surface area contributed by atoms with Crippen LogP contribution in [0.25, 0.3) is 10.8 Å². The number of hydrogen-bond donors (Lipinski definition) is 1. The molecule has 0 saturated heterocycles. The molecule has 0 saturated carbocycles. The number of nitrogens with one attached hydrogen (secondary N) is 1. The highest BCUT2D eigenvalue weighted by Gasteiger charge is 2.31. The van der Waals surface area contributed by atoms with Gasteiger partial charge in [0, 0.05) is 15.4 Å². The van der Waals surface area contributed by atoms with Crippen molar-refractivity contribution in [2.24, 2.45) is 0 Å². The van der Waals surface area contributed by atoms with Crippen LogP contribution in [0.5, 0.6) is 11.5 Å². The summed E-state index contributed by atoms with van der Waals surface area (Å²) in [7, 11) is 0. The van der Waals surface area contributed by atoms with E-state index in [2.05, 4.69) is 21.2 Å². The molecule has 0 aromatic heterocycles. The summed E-state index contributed by atoms with van der Waals surface area (Å²) in [6.45, 7) is 0. The van der Waals surface area contributed by atoms with Gasteiger partial charge in [0.15, 0.2) is 11.5 Å². The number of carbonyl (C=O) groups is 2. The van der Waals surface area contributed by atoms with E-state index < -0.39 is 6.29 Å². The maximum Gasteiger partial charge on any atom is 0.268 e. The van der Waals surface area contributed by atoms with Gasteiger partial charge >= 0.3 is 0 Å². The van der Waals surface area contributed by atoms with Crippen LogP contribution < -0.4 is 14.8 Å². The lowest BCUT2D eigenvalue weighted by Gasteiger charge is -2.10. The largest absolute Gasteiger partial charge is 0.447 e. The number of amides is 2. The predicted molar refractivity (Wildman–Crippen MR) is 93.9 cm³/mol. The first-order valence-electron chi connectivity index (χ1n) is 7.65. The Morgan fingerprint density at radius 2 is 1.60 bits per heavy atom. The van der Waals surface area contributed by atoms with Crippen molar-refractivity contribution in [3.63, 3.8) is 0 Å². The third-order valence-corrected chi connectivity index (χ3v) is 4.92. The molecule has 2 aliphatic heterocycles. The van der Waals surface area contributed by atoms with Crippen molar-refractivity contribution in [1.82, 2.24) is 5.32 Å². The first-order valence-corrected chi connectivity index (χ1v) is 8.45. The Balaban J connectivity index is 1.62. The highest BCUT2D eigenvalue weighted by atomic mass is 79.9. The number of halogens is 1. The van der Waals surface area contributed by atoms with E-state index in [4.69, 9.17) is 9.47 Å². The first kappa shape index (κ1) is 14.5. The molecule has 0 spiro atoms. The average Bonchev–Trinajstić information content (AvgIpc) is 3.16. The molecule has 0 fully saturated rings. The molecule has 3 aromatic rings. The molecule has 0 bridgehead atoms. The Bertz CT molecular complexity index is 1070. The fourth-order valence-corrected chi connectivity index (χ4v) is 3.42. The zero-order valence-corrected chi connectivity index (χ0v) is 14.3. The van der Waals surface area contributed by atoms with E-state index in [0.29, 0.717) is 22.6 Å². The summed E-state index contributed by atoms with van der Waals surface area (Å²) in [6, 6.07) is 14.8. The minimum atomic E-state index is -0.544. The summed E-state index contributed by atoms with van der Waals surface area (Å²) < 4.78 is 12.9. The molecule has 0 radical (unpaired) electrons. The number of benzene rings is 3. The fraction of sp³-hybridized carbons (Fsp3) is 0.0526. The zero-order chi connectivity index (χ0) is 17.1. The second-order valence-electron chi connectivity index (χ2n) is 5.91. The Morgan fingerprint density at radius 1 is 0.880 bits per heavy atom. The van der Waals surface area contributed by atoms with Gasteiger partial charge in [-0.25, -0.2) is 0 Å². The number of fused-ring (bicyclic) bond motifs is 4. The van der Waals surface area contributed by atoms with Gasteiger partial charge in [0.05, 0.1) is 11.1 Å². The predicted octanol–water partition coefficient (Wildman–Crippen LogP) is 3.96. The van der Waals surface area contributed by atoms with E-state index in [0.717, 1.165) is 20.8 Å². The van der Waals surface area contributed by atoms with Gasteiger partial charge in [-0.3, -0.25) is 14.9 Å². The third-order valence-electron chi connectivity index (χ3n) is 4.39. The van der Waals surface area contributed by atoms with Crippen LogP contribution in [0.15, 0.2) is 53.0 Å². The molecule has 1 unspecified atom stereocenters. The van der Waals surface area contributed by atoms with Crippen LogP contribution in [0.1, 0.15) is 32.6 Å². The smallest absolute Gasteiger partial charge is 0.268 e. The third kappa shape index (κ3) is 2.14. The molecular formula is C19H10BrNO4. The normalized spacial score (nSPS) is 17.7. The average molecular weight is 396 g/mol. The Kier molecular flexibility index (Phi) is 2.93. The molecule has 2 amide bonds. The summed E-state index contributed by atoms with van der Waals surface area (Å²) in [5.41, 5.74) is 1.64. The second-order valence-corrected chi connectivity index (χ2v) is 6.83. The van der Waals surface area contributed by atoms with Crippen molar-refractivity contribution in [3.8, 4) is 11.5 Å². The highest BCUT2D eigenvalue weighted by molar-refractivity contribution is 9.10. The minimum absolute atomic E-state index is 0.363. The summed E-state index contributed by atoms with van der Waals surface area (Å²) >= 11 is 3.41. The molecular weight excluding hydrogens is 386 g/mol. The van der Waals surface area contributed by atoms with Crippen molar-refractivity contribution < 1.29 is 19.1 Å². The number of ether oxygens (including phenoxy) is 2. The van der Waals surface area contributed by atoms with Crippen molar-refractivity contribution in [3.05, 3.63) is 69.7 Å².